The summed E-state index contributed by atoms with van der Waals surface area (Å²) in [4.78, 5) is 14.1. The number of aryl methyl sites for hydroxylation is 1. The Morgan fingerprint density at radius 2 is 2.12 bits per heavy atom. The van der Waals surface area contributed by atoms with Gasteiger partial charge in [-0.3, -0.25) is 10.00 Å². The van der Waals surface area contributed by atoms with Gasteiger partial charge in [0.05, 0.1) is 12.2 Å². The fourth-order valence-corrected chi connectivity index (χ4v) is 2.25. The standard InChI is InChI=1S/C16H26N6O2/c1-16(2,3)13-7-14(20-24-13)19-15(23)17-9-12(21(4)5)11-8-18-22(6)10-11/h7-8,10,12H,9H2,1-6H3,(H2,17,19,20,23)/t12-/m0/s1. The lowest BCUT2D eigenvalue weighted by atomic mass is 9.93. The van der Waals surface area contributed by atoms with E-state index in [9.17, 15) is 4.79 Å². The van der Waals surface area contributed by atoms with Gasteiger partial charge in [0.2, 0.25) is 0 Å². The summed E-state index contributed by atoms with van der Waals surface area (Å²) in [5.41, 5.74) is 0.888. The van der Waals surface area contributed by atoms with E-state index in [-0.39, 0.29) is 17.5 Å². The van der Waals surface area contributed by atoms with E-state index in [1.807, 2.05) is 53.0 Å². The lowest BCUT2D eigenvalue weighted by molar-refractivity contribution is 0.243. The molecule has 0 spiro atoms. The Balaban J connectivity index is 1.93. The predicted molar refractivity (Wildman–Crippen MR) is 91.9 cm³/mol. The predicted octanol–water partition coefficient (Wildman–Crippen LogP) is 2.13. The molecular weight excluding hydrogens is 308 g/mol. The number of amides is 2. The molecule has 8 nitrogen and oxygen atoms in total. The molecule has 1 atom stereocenters. The fourth-order valence-electron chi connectivity index (χ4n) is 2.25. The van der Waals surface area contributed by atoms with Crippen LogP contribution in [-0.4, -0.2) is 46.5 Å². The number of aromatic nitrogens is 3. The van der Waals surface area contributed by atoms with Gasteiger partial charge in [-0.2, -0.15) is 5.10 Å². The average molecular weight is 334 g/mol. The highest BCUT2D eigenvalue weighted by Crippen LogP contribution is 2.24. The number of nitrogens with zero attached hydrogens (tertiary/aromatic N) is 4. The van der Waals surface area contributed by atoms with Crippen molar-refractivity contribution in [2.75, 3.05) is 26.0 Å². The van der Waals surface area contributed by atoms with Gasteiger partial charge < -0.3 is 14.7 Å². The summed E-state index contributed by atoms with van der Waals surface area (Å²) in [6, 6.07) is 1.45. The lowest BCUT2D eigenvalue weighted by Gasteiger charge is -2.23. The number of rotatable bonds is 5. The first-order valence-electron chi connectivity index (χ1n) is 7.84. The zero-order valence-electron chi connectivity index (χ0n) is 15.1. The van der Waals surface area contributed by atoms with Crippen LogP contribution in [0.25, 0.3) is 0 Å². The van der Waals surface area contributed by atoms with Gasteiger partial charge >= 0.3 is 6.03 Å². The number of likely N-dealkylation sites (N-methyl/N-ethyl adjacent to an activating group) is 1. The van der Waals surface area contributed by atoms with Crippen LogP contribution in [-0.2, 0) is 12.5 Å². The largest absolute Gasteiger partial charge is 0.359 e. The minimum absolute atomic E-state index is 0.0342. The molecule has 2 rings (SSSR count). The number of urea groups is 1. The van der Waals surface area contributed by atoms with Gasteiger partial charge in [-0.25, -0.2) is 4.79 Å². The number of carbonyl (C=O) groups excluding carboxylic acids is 1. The van der Waals surface area contributed by atoms with Gasteiger partial charge in [0.25, 0.3) is 0 Å². The number of hydrogen-bond donors (Lipinski definition) is 2. The topological polar surface area (TPSA) is 88.2 Å². The van der Waals surface area contributed by atoms with E-state index in [2.05, 4.69) is 20.9 Å². The van der Waals surface area contributed by atoms with Crippen molar-refractivity contribution in [3.63, 3.8) is 0 Å². The zero-order valence-corrected chi connectivity index (χ0v) is 15.1. The van der Waals surface area contributed by atoms with Crippen LogP contribution in [0, 0.1) is 0 Å². The second-order valence-electron chi connectivity index (χ2n) is 7.09. The van der Waals surface area contributed by atoms with Gasteiger partial charge in [0, 0.05) is 36.8 Å². The van der Waals surface area contributed by atoms with E-state index in [1.165, 1.54) is 0 Å². The third kappa shape index (κ3) is 4.58. The summed E-state index contributed by atoms with van der Waals surface area (Å²) in [7, 11) is 5.79. The summed E-state index contributed by atoms with van der Waals surface area (Å²) in [6.45, 7) is 6.52. The van der Waals surface area contributed by atoms with Gasteiger partial charge in [-0.05, 0) is 14.1 Å². The van der Waals surface area contributed by atoms with Crippen molar-refractivity contribution in [1.29, 1.82) is 0 Å². The fraction of sp³-hybridized carbons (Fsp3) is 0.562. The summed E-state index contributed by atoms with van der Waals surface area (Å²) < 4.78 is 7.00. The molecule has 2 aromatic rings. The van der Waals surface area contributed by atoms with Crippen molar-refractivity contribution in [2.45, 2.75) is 32.2 Å². The summed E-state index contributed by atoms with van der Waals surface area (Å²) in [5, 5.41) is 13.6. The van der Waals surface area contributed by atoms with Crippen LogP contribution in [0.2, 0.25) is 0 Å². The number of nitrogens with one attached hydrogen (secondary N) is 2. The Morgan fingerprint density at radius 3 is 2.62 bits per heavy atom. The lowest BCUT2D eigenvalue weighted by Crippen LogP contribution is -2.36. The molecule has 2 amide bonds. The second-order valence-corrected chi connectivity index (χ2v) is 7.09. The molecule has 0 aromatic carbocycles. The molecule has 8 heteroatoms. The smallest absolute Gasteiger partial charge is 0.320 e. The monoisotopic (exact) mass is 334 g/mol. The molecule has 0 aliphatic heterocycles. The Hall–Kier alpha value is -2.35. The van der Waals surface area contributed by atoms with E-state index in [0.29, 0.717) is 12.4 Å². The van der Waals surface area contributed by atoms with Crippen LogP contribution in [0.1, 0.15) is 38.1 Å². The van der Waals surface area contributed by atoms with Crippen molar-refractivity contribution in [1.82, 2.24) is 25.2 Å². The van der Waals surface area contributed by atoms with Crippen molar-refractivity contribution in [3.05, 3.63) is 29.8 Å². The normalized spacial score (nSPS) is 13.1. The Morgan fingerprint density at radius 1 is 1.42 bits per heavy atom. The molecule has 2 N–H and O–H groups in total. The molecular formula is C16H26N6O2. The molecule has 0 radical (unpaired) electrons. The Bertz CT molecular complexity index is 683. The highest BCUT2D eigenvalue weighted by Gasteiger charge is 2.21. The van der Waals surface area contributed by atoms with Crippen molar-refractivity contribution < 1.29 is 9.32 Å². The van der Waals surface area contributed by atoms with Gasteiger partial charge in [-0.1, -0.05) is 25.9 Å². The molecule has 2 heterocycles. The van der Waals surface area contributed by atoms with Gasteiger partial charge in [-0.15, -0.1) is 0 Å². The maximum absolute atomic E-state index is 12.1. The van der Waals surface area contributed by atoms with Crippen molar-refractivity contribution in [3.8, 4) is 0 Å². The molecule has 0 unspecified atom stereocenters. The molecule has 0 fully saturated rings. The van der Waals surface area contributed by atoms with E-state index < -0.39 is 0 Å². The van der Waals surface area contributed by atoms with Crippen LogP contribution < -0.4 is 10.6 Å². The van der Waals surface area contributed by atoms with E-state index in [1.54, 1.807) is 16.9 Å². The number of anilines is 1. The quantitative estimate of drug-likeness (QED) is 0.874. The van der Waals surface area contributed by atoms with Crippen LogP contribution in [0.15, 0.2) is 23.0 Å². The van der Waals surface area contributed by atoms with Gasteiger partial charge in [0.1, 0.15) is 5.76 Å². The van der Waals surface area contributed by atoms with E-state index >= 15 is 0 Å². The molecule has 132 valence electrons. The second kappa shape index (κ2) is 7.04. The third-order valence-corrected chi connectivity index (χ3v) is 3.68. The van der Waals surface area contributed by atoms with Crippen LogP contribution >= 0.6 is 0 Å². The minimum Gasteiger partial charge on any atom is -0.359 e. The minimum atomic E-state index is -0.320. The van der Waals surface area contributed by atoms with E-state index in [4.69, 9.17) is 4.52 Å². The van der Waals surface area contributed by atoms with Crippen LogP contribution in [0.4, 0.5) is 10.6 Å². The third-order valence-electron chi connectivity index (χ3n) is 3.68. The average Bonchev–Trinajstić information content (AvgIpc) is 3.07. The van der Waals surface area contributed by atoms with Crippen molar-refractivity contribution >= 4 is 11.8 Å². The summed E-state index contributed by atoms with van der Waals surface area (Å²) >= 11 is 0. The first kappa shape index (κ1) is 18.0. The summed E-state index contributed by atoms with van der Waals surface area (Å²) in [6.07, 6.45) is 3.75. The number of hydrogen-bond acceptors (Lipinski definition) is 5. The first-order valence-corrected chi connectivity index (χ1v) is 7.84. The van der Waals surface area contributed by atoms with E-state index in [0.717, 1.165) is 11.3 Å². The molecule has 0 bridgehead atoms. The molecule has 2 aromatic heterocycles. The highest BCUT2D eigenvalue weighted by atomic mass is 16.5. The number of carbonyl (C=O) groups is 1. The maximum Gasteiger partial charge on any atom is 0.320 e. The zero-order chi connectivity index (χ0) is 17.9. The van der Waals surface area contributed by atoms with Crippen LogP contribution in [0.5, 0.6) is 0 Å². The Kier molecular flexibility index (Phi) is 5.28. The molecule has 0 saturated carbocycles. The maximum atomic E-state index is 12.1. The van der Waals surface area contributed by atoms with Crippen molar-refractivity contribution in [2.24, 2.45) is 7.05 Å². The molecule has 0 aliphatic carbocycles. The molecule has 0 saturated heterocycles. The SMILES string of the molecule is CN(C)[C@@H](CNC(=O)Nc1cc(C(C)(C)C)on1)c1cnn(C)c1. The summed E-state index contributed by atoms with van der Waals surface area (Å²) in [5.74, 6) is 1.12. The van der Waals surface area contributed by atoms with Gasteiger partial charge in [0.15, 0.2) is 5.82 Å². The Labute approximate surface area is 142 Å². The van der Waals surface area contributed by atoms with Crippen LogP contribution in [0.3, 0.4) is 0 Å². The molecule has 24 heavy (non-hydrogen) atoms. The first-order chi connectivity index (χ1) is 11.2. The molecule has 0 aliphatic rings. The highest BCUT2D eigenvalue weighted by molar-refractivity contribution is 5.88.